The normalized spacial score (nSPS) is 8.82. The van der Waals surface area contributed by atoms with Crippen LogP contribution in [-0.4, -0.2) is 25.9 Å². The van der Waals surface area contributed by atoms with Crippen LogP contribution in [0.5, 0.6) is 0 Å². The number of carbonyl (C=O) groups excluding carboxylic acids is 1. The van der Waals surface area contributed by atoms with Crippen LogP contribution in [0.1, 0.15) is 6.92 Å². The number of amides is 1. The van der Waals surface area contributed by atoms with Crippen LogP contribution in [0.15, 0.2) is 12.7 Å². The fourth-order valence-electron chi connectivity index (χ4n) is 0.491. The minimum atomic E-state index is -0.399. The Balaban J connectivity index is 3.10. The van der Waals surface area contributed by atoms with E-state index in [1.54, 1.807) is 13.0 Å². The number of alkyl carbamates (subject to hydrolysis) is 1. The van der Waals surface area contributed by atoms with Gasteiger partial charge in [-0.2, -0.15) is 0 Å². The maximum absolute atomic E-state index is 10.6. The van der Waals surface area contributed by atoms with Crippen molar-refractivity contribution in [3.8, 4) is 0 Å². The third-order valence-electron chi connectivity index (χ3n) is 0.922. The third kappa shape index (κ3) is 6.86. The molecule has 0 radical (unpaired) electrons. The van der Waals surface area contributed by atoms with Crippen LogP contribution in [0, 0.1) is 0 Å². The van der Waals surface area contributed by atoms with Crippen molar-refractivity contribution in [2.24, 2.45) is 0 Å². The Morgan fingerprint density at radius 1 is 1.73 bits per heavy atom. The second-order valence-electron chi connectivity index (χ2n) is 1.82. The van der Waals surface area contributed by atoms with E-state index in [4.69, 9.17) is 0 Å². The summed E-state index contributed by atoms with van der Waals surface area (Å²) in [5.74, 6) is 0. The predicted molar refractivity (Wildman–Crippen MR) is 43.2 cm³/mol. The van der Waals surface area contributed by atoms with Gasteiger partial charge in [-0.15, -0.1) is 6.58 Å². The number of carbonyl (C=O) groups is 1. The number of rotatable bonds is 5. The Labute approximate surface area is 66.6 Å². The first-order valence-corrected chi connectivity index (χ1v) is 3.53. The number of hydrogen-bond acceptors (Lipinski definition) is 3. The molecule has 0 aliphatic heterocycles. The van der Waals surface area contributed by atoms with Crippen LogP contribution < -0.4 is 10.6 Å². The summed E-state index contributed by atoms with van der Waals surface area (Å²) in [7, 11) is 0. The molecule has 0 unspecified atom stereocenters. The van der Waals surface area contributed by atoms with Gasteiger partial charge in [-0.1, -0.05) is 6.08 Å². The van der Waals surface area contributed by atoms with Gasteiger partial charge in [-0.05, 0) is 6.92 Å². The van der Waals surface area contributed by atoms with Crippen molar-refractivity contribution >= 4 is 6.09 Å². The molecule has 0 aromatic heterocycles. The molecule has 0 heterocycles. The van der Waals surface area contributed by atoms with Gasteiger partial charge >= 0.3 is 6.09 Å². The molecule has 2 N–H and O–H groups in total. The van der Waals surface area contributed by atoms with Gasteiger partial charge in [0.05, 0.1) is 13.3 Å². The van der Waals surface area contributed by atoms with Gasteiger partial charge in [0.25, 0.3) is 0 Å². The van der Waals surface area contributed by atoms with Gasteiger partial charge in [0.2, 0.25) is 0 Å². The highest BCUT2D eigenvalue weighted by Gasteiger charge is 1.95. The van der Waals surface area contributed by atoms with Crippen LogP contribution in [0.25, 0.3) is 0 Å². The number of hydrogen-bond donors (Lipinski definition) is 2. The van der Waals surface area contributed by atoms with E-state index in [9.17, 15) is 4.79 Å². The van der Waals surface area contributed by atoms with E-state index in [0.29, 0.717) is 19.8 Å². The van der Waals surface area contributed by atoms with Crippen molar-refractivity contribution < 1.29 is 9.53 Å². The van der Waals surface area contributed by atoms with Crippen LogP contribution >= 0.6 is 0 Å². The van der Waals surface area contributed by atoms with Crippen molar-refractivity contribution in [3.05, 3.63) is 12.7 Å². The molecule has 0 aromatic rings. The topological polar surface area (TPSA) is 50.4 Å². The number of nitrogens with one attached hydrogen (secondary N) is 2. The van der Waals surface area contributed by atoms with Crippen molar-refractivity contribution in [2.45, 2.75) is 6.92 Å². The smallest absolute Gasteiger partial charge is 0.408 e. The van der Waals surface area contributed by atoms with E-state index in [2.05, 4.69) is 21.9 Å². The fourth-order valence-corrected chi connectivity index (χ4v) is 0.491. The predicted octanol–water partition coefficient (Wildman–Crippen LogP) is 0.466. The van der Waals surface area contributed by atoms with Gasteiger partial charge in [-0.25, -0.2) is 4.79 Å². The molecule has 0 aromatic carbocycles. The molecule has 0 bridgehead atoms. The van der Waals surface area contributed by atoms with E-state index in [1.165, 1.54) is 0 Å². The molecule has 0 fully saturated rings. The van der Waals surface area contributed by atoms with Crippen LogP contribution in [-0.2, 0) is 4.74 Å². The highest BCUT2D eigenvalue weighted by Crippen LogP contribution is 1.73. The molecule has 4 heteroatoms. The zero-order valence-electron chi connectivity index (χ0n) is 6.72. The van der Waals surface area contributed by atoms with Crippen LogP contribution in [0.2, 0.25) is 0 Å². The Morgan fingerprint density at radius 2 is 2.45 bits per heavy atom. The molecule has 0 atom stereocenters. The first-order chi connectivity index (χ1) is 5.31. The Kier molecular flexibility index (Phi) is 6.42. The molecule has 4 nitrogen and oxygen atoms in total. The molecular weight excluding hydrogens is 144 g/mol. The lowest BCUT2D eigenvalue weighted by atomic mass is 10.6. The van der Waals surface area contributed by atoms with E-state index in [0.717, 1.165) is 0 Å². The summed E-state index contributed by atoms with van der Waals surface area (Å²) in [4.78, 5) is 10.6. The summed E-state index contributed by atoms with van der Waals surface area (Å²) in [5, 5.41) is 5.39. The summed E-state index contributed by atoms with van der Waals surface area (Å²) in [6, 6.07) is 0. The second kappa shape index (κ2) is 7.08. The van der Waals surface area contributed by atoms with Gasteiger partial charge in [0.15, 0.2) is 0 Å². The first kappa shape index (κ1) is 9.97. The summed E-state index contributed by atoms with van der Waals surface area (Å²) in [5.41, 5.74) is 0. The molecule has 1 amide bonds. The lowest BCUT2D eigenvalue weighted by Gasteiger charge is -2.04. The average molecular weight is 158 g/mol. The number of ether oxygens (including phenoxy) is 1. The summed E-state index contributed by atoms with van der Waals surface area (Å²) in [6.07, 6.45) is 1.32. The minimum absolute atomic E-state index is 0.396. The van der Waals surface area contributed by atoms with Gasteiger partial charge in [0.1, 0.15) is 0 Å². The Hall–Kier alpha value is -1.03. The molecular formula is C7H14N2O2. The van der Waals surface area contributed by atoms with Crippen LogP contribution in [0.3, 0.4) is 0 Å². The first-order valence-electron chi connectivity index (χ1n) is 3.53. The van der Waals surface area contributed by atoms with Crippen molar-refractivity contribution in [2.75, 3.05) is 19.8 Å². The highest BCUT2D eigenvalue weighted by molar-refractivity contribution is 5.66. The molecule has 0 aliphatic rings. The van der Waals surface area contributed by atoms with E-state index < -0.39 is 6.09 Å². The van der Waals surface area contributed by atoms with E-state index in [1.807, 2.05) is 0 Å². The summed E-state index contributed by atoms with van der Waals surface area (Å²) < 4.78 is 4.61. The molecule has 64 valence electrons. The standard InChI is InChI=1S/C7H14N2O2/c1-3-5-8-6-9-7(10)11-4-2/h3,8H,1,4-6H2,2H3,(H,9,10). The quantitative estimate of drug-likeness (QED) is 0.347. The molecule has 0 rings (SSSR count). The molecule has 11 heavy (non-hydrogen) atoms. The van der Waals surface area contributed by atoms with Gasteiger partial charge < -0.3 is 10.1 Å². The van der Waals surface area contributed by atoms with E-state index in [-0.39, 0.29) is 0 Å². The Morgan fingerprint density at radius 3 is 3.00 bits per heavy atom. The molecule has 0 spiro atoms. The van der Waals surface area contributed by atoms with Crippen molar-refractivity contribution in [1.29, 1.82) is 0 Å². The minimum Gasteiger partial charge on any atom is -0.450 e. The van der Waals surface area contributed by atoms with Crippen LogP contribution in [0.4, 0.5) is 4.79 Å². The lowest BCUT2D eigenvalue weighted by molar-refractivity contribution is 0.151. The molecule has 0 saturated heterocycles. The summed E-state index contributed by atoms with van der Waals surface area (Å²) in [6.45, 7) is 6.74. The van der Waals surface area contributed by atoms with Gasteiger partial charge in [-0.3, -0.25) is 5.32 Å². The van der Waals surface area contributed by atoms with E-state index >= 15 is 0 Å². The third-order valence-corrected chi connectivity index (χ3v) is 0.922. The maximum Gasteiger partial charge on any atom is 0.408 e. The Bertz CT molecular complexity index is 126. The zero-order chi connectivity index (χ0) is 8.53. The monoisotopic (exact) mass is 158 g/mol. The van der Waals surface area contributed by atoms with Crippen molar-refractivity contribution in [3.63, 3.8) is 0 Å². The second-order valence-corrected chi connectivity index (χ2v) is 1.82. The fraction of sp³-hybridized carbons (Fsp3) is 0.571. The SMILES string of the molecule is C=CCNCNC(=O)OCC. The van der Waals surface area contributed by atoms with Crippen molar-refractivity contribution in [1.82, 2.24) is 10.6 Å². The average Bonchev–Trinajstić information content (AvgIpc) is 1.99. The highest BCUT2D eigenvalue weighted by atomic mass is 16.5. The lowest BCUT2D eigenvalue weighted by Crippen LogP contribution is -2.34. The zero-order valence-corrected chi connectivity index (χ0v) is 6.72. The van der Waals surface area contributed by atoms with Gasteiger partial charge in [0, 0.05) is 6.54 Å². The largest absolute Gasteiger partial charge is 0.450 e. The summed E-state index contributed by atoms with van der Waals surface area (Å²) >= 11 is 0. The molecule has 0 saturated carbocycles. The maximum atomic E-state index is 10.6. The molecule has 0 aliphatic carbocycles.